The highest BCUT2D eigenvalue weighted by molar-refractivity contribution is 5.86. The van der Waals surface area contributed by atoms with E-state index in [0.29, 0.717) is 5.39 Å². The predicted octanol–water partition coefficient (Wildman–Crippen LogP) is 5.31. The van der Waals surface area contributed by atoms with Gasteiger partial charge in [0.2, 0.25) is 0 Å². The number of fused-ring (bicyclic) bond motifs is 1. The number of aromatic nitrogens is 1. The molecule has 0 aliphatic rings. The number of alkyl halides is 3. The minimum atomic E-state index is -4.30. The summed E-state index contributed by atoms with van der Waals surface area (Å²) < 4.78 is 38.6. The molecule has 0 aliphatic carbocycles. The van der Waals surface area contributed by atoms with Crippen molar-refractivity contribution in [3.8, 4) is 0 Å². The van der Waals surface area contributed by atoms with Crippen LogP contribution in [0.3, 0.4) is 0 Å². The molecule has 1 heterocycles. The Bertz CT molecular complexity index is 540. The highest BCUT2D eigenvalue weighted by atomic mass is 19.4. The standard InChI is InChI=1S/C15H18F3N/c1-2-3-4-5-7-11-10-19-14-12(11)8-6-9-13(14)15(16,17)18/h6,8-10,19H,2-5,7H2,1H3. The average Bonchev–Trinajstić information content (AvgIpc) is 2.76. The Balaban J connectivity index is 2.24. The zero-order chi connectivity index (χ0) is 13.9. The third-order valence-electron chi connectivity index (χ3n) is 3.41. The van der Waals surface area contributed by atoms with Crippen LogP contribution < -0.4 is 0 Å². The maximum atomic E-state index is 12.9. The normalized spacial score (nSPS) is 12.2. The second-order valence-corrected chi connectivity index (χ2v) is 4.85. The fourth-order valence-electron chi connectivity index (χ4n) is 2.40. The van der Waals surface area contributed by atoms with E-state index in [2.05, 4.69) is 11.9 Å². The van der Waals surface area contributed by atoms with Gasteiger partial charge in [-0.1, -0.05) is 38.3 Å². The zero-order valence-electron chi connectivity index (χ0n) is 11.0. The molecule has 0 fully saturated rings. The summed E-state index contributed by atoms with van der Waals surface area (Å²) in [6, 6.07) is 4.37. The summed E-state index contributed by atoms with van der Waals surface area (Å²) in [5.74, 6) is 0. The molecule has 0 aliphatic heterocycles. The number of para-hydroxylation sites is 1. The second-order valence-electron chi connectivity index (χ2n) is 4.85. The quantitative estimate of drug-likeness (QED) is 0.708. The second kappa shape index (κ2) is 5.68. The molecule has 104 valence electrons. The Morgan fingerprint density at radius 1 is 1.11 bits per heavy atom. The maximum Gasteiger partial charge on any atom is 0.418 e. The van der Waals surface area contributed by atoms with Crippen LogP contribution in [-0.2, 0) is 12.6 Å². The van der Waals surface area contributed by atoms with E-state index in [9.17, 15) is 13.2 Å². The number of benzene rings is 1. The van der Waals surface area contributed by atoms with Crippen LogP contribution in [0.2, 0.25) is 0 Å². The van der Waals surface area contributed by atoms with Gasteiger partial charge < -0.3 is 4.98 Å². The van der Waals surface area contributed by atoms with Gasteiger partial charge in [-0.2, -0.15) is 13.2 Å². The fraction of sp³-hybridized carbons (Fsp3) is 0.467. The van der Waals surface area contributed by atoms with Gasteiger partial charge in [-0.3, -0.25) is 0 Å². The topological polar surface area (TPSA) is 15.8 Å². The van der Waals surface area contributed by atoms with Crippen LogP contribution in [0.25, 0.3) is 10.9 Å². The van der Waals surface area contributed by atoms with E-state index in [1.165, 1.54) is 12.5 Å². The first-order valence-corrected chi connectivity index (χ1v) is 6.70. The van der Waals surface area contributed by atoms with Gasteiger partial charge in [0, 0.05) is 11.6 Å². The largest absolute Gasteiger partial charge is 0.418 e. The first kappa shape index (κ1) is 14.0. The van der Waals surface area contributed by atoms with E-state index >= 15 is 0 Å². The smallest absolute Gasteiger partial charge is 0.360 e. The molecule has 1 aromatic carbocycles. The molecule has 2 aromatic rings. The first-order valence-electron chi connectivity index (χ1n) is 6.70. The van der Waals surface area contributed by atoms with Crippen LogP contribution in [0.1, 0.15) is 43.7 Å². The lowest BCUT2D eigenvalue weighted by Crippen LogP contribution is -2.05. The fourth-order valence-corrected chi connectivity index (χ4v) is 2.40. The van der Waals surface area contributed by atoms with Gasteiger partial charge in [-0.15, -0.1) is 0 Å². The molecular weight excluding hydrogens is 251 g/mol. The van der Waals surface area contributed by atoms with Crippen LogP contribution >= 0.6 is 0 Å². The van der Waals surface area contributed by atoms with E-state index in [4.69, 9.17) is 0 Å². The van der Waals surface area contributed by atoms with E-state index in [-0.39, 0.29) is 5.52 Å². The third kappa shape index (κ3) is 3.11. The molecule has 0 saturated carbocycles. The molecule has 1 aromatic heterocycles. The van der Waals surface area contributed by atoms with E-state index in [1.54, 1.807) is 12.3 Å². The van der Waals surface area contributed by atoms with Gasteiger partial charge in [-0.05, 0) is 24.5 Å². The van der Waals surface area contributed by atoms with Gasteiger partial charge in [0.1, 0.15) is 0 Å². The van der Waals surface area contributed by atoms with Crippen molar-refractivity contribution in [2.75, 3.05) is 0 Å². The Labute approximate surface area is 110 Å². The molecule has 0 saturated heterocycles. The molecule has 4 heteroatoms. The highest BCUT2D eigenvalue weighted by Crippen LogP contribution is 2.35. The maximum absolute atomic E-state index is 12.9. The van der Waals surface area contributed by atoms with Crippen molar-refractivity contribution in [1.82, 2.24) is 4.98 Å². The molecule has 0 radical (unpaired) electrons. The number of nitrogens with one attached hydrogen (secondary N) is 1. The summed E-state index contributed by atoms with van der Waals surface area (Å²) >= 11 is 0. The predicted molar refractivity (Wildman–Crippen MR) is 71.1 cm³/mol. The van der Waals surface area contributed by atoms with Crippen molar-refractivity contribution in [2.24, 2.45) is 0 Å². The average molecular weight is 269 g/mol. The van der Waals surface area contributed by atoms with E-state index in [1.807, 2.05) is 0 Å². The summed E-state index contributed by atoms with van der Waals surface area (Å²) in [6.07, 6.45) is 2.73. The molecule has 1 nitrogen and oxygen atoms in total. The molecule has 19 heavy (non-hydrogen) atoms. The van der Waals surface area contributed by atoms with Crippen molar-refractivity contribution in [1.29, 1.82) is 0 Å². The monoisotopic (exact) mass is 269 g/mol. The van der Waals surface area contributed by atoms with Crippen molar-refractivity contribution in [3.05, 3.63) is 35.5 Å². The first-order chi connectivity index (χ1) is 9.04. The molecule has 0 amide bonds. The molecule has 1 N–H and O–H groups in total. The van der Waals surface area contributed by atoms with Crippen LogP contribution in [0, 0.1) is 0 Å². The summed E-state index contributed by atoms with van der Waals surface area (Å²) in [4.78, 5) is 2.78. The highest BCUT2D eigenvalue weighted by Gasteiger charge is 2.33. The van der Waals surface area contributed by atoms with Gasteiger partial charge >= 0.3 is 6.18 Å². The minimum absolute atomic E-state index is 0.209. The van der Waals surface area contributed by atoms with Crippen molar-refractivity contribution in [2.45, 2.75) is 45.2 Å². The molecule has 0 spiro atoms. The summed E-state index contributed by atoms with van der Waals surface area (Å²) in [6.45, 7) is 2.14. The van der Waals surface area contributed by atoms with Crippen LogP contribution in [-0.4, -0.2) is 4.98 Å². The SMILES string of the molecule is CCCCCCc1c[nH]c2c(C(F)(F)F)cccc12. The molecule has 0 atom stereocenters. The van der Waals surface area contributed by atoms with Crippen molar-refractivity contribution in [3.63, 3.8) is 0 Å². The number of H-pyrrole nitrogens is 1. The minimum Gasteiger partial charge on any atom is -0.360 e. The summed E-state index contributed by atoms with van der Waals surface area (Å²) in [5.41, 5.74) is 0.613. The van der Waals surface area contributed by atoms with Gasteiger partial charge in [-0.25, -0.2) is 0 Å². The number of hydrogen-bond donors (Lipinski definition) is 1. The Morgan fingerprint density at radius 3 is 2.58 bits per heavy atom. The number of rotatable bonds is 5. The lowest BCUT2D eigenvalue weighted by molar-refractivity contribution is -0.136. The van der Waals surface area contributed by atoms with Crippen molar-refractivity contribution < 1.29 is 13.2 Å². The number of aryl methyl sites for hydroxylation is 1. The molecule has 0 bridgehead atoms. The number of halogens is 3. The molecule has 2 rings (SSSR count). The Kier molecular flexibility index (Phi) is 4.17. The lowest BCUT2D eigenvalue weighted by atomic mass is 10.0. The number of aromatic amines is 1. The summed E-state index contributed by atoms with van der Waals surface area (Å²) in [5, 5.41) is 0.700. The molecular formula is C15H18F3N. The Hall–Kier alpha value is -1.45. The van der Waals surface area contributed by atoms with Crippen LogP contribution in [0.5, 0.6) is 0 Å². The van der Waals surface area contributed by atoms with E-state index in [0.717, 1.165) is 37.3 Å². The summed E-state index contributed by atoms with van der Waals surface area (Å²) in [7, 11) is 0. The Morgan fingerprint density at radius 2 is 1.89 bits per heavy atom. The van der Waals surface area contributed by atoms with Gasteiger partial charge in [0.25, 0.3) is 0 Å². The van der Waals surface area contributed by atoms with Crippen LogP contribution in [0.4, 0.5) is 13.2 Å². The lowest BCUT2D eigenvalue weighted by Gasteiger charge is -2.07. The zero-order valence-corrected chi connectivity index (χ0v) is 11.0. The third-order valence-corrected chi connectivity index (χ3v) is 3.41. The molecule has 0 unspecified atom stereocenters. The van der Waals surface area contributed by atoms with E-state index < -0.39 is 11.7 Å². The van der Waals surface area contributed by atoms with Gasteiger partial charge in [0.05, 0.1) is 11.1 Å². The number of hydrogen-bond acceptors (Lipinski definition) is 0. The van der Waals surface area contributed by atoms with Crippen LogP contribution in [0.15, 0.2) is 24.4 Å². The van der Waals surface area contributed by atoms with Gasteiger partial charge in [0.15, 0.2) is 0 Å². The number of unbranched alkanes of at least 4 members (excludes halogenated alkanes) is 3. The van der Waals surface area contributed by atoms with Crippen molar-refractivity contribution >= 4 is 10.9 Å².